The number of hydrogen-bond donors (Lipinski definition) is 1. The van der Waals surface area contributed by atoms with Gasteiger partial charge in [-0.15, -0.1) is 0 Å². The Morgan fingerprint density at radius 3 is 2.94 bits per heavy atom. The van der Waals surface area contributed by atoms with Gasteiger partial charge in [0.15, 0.2) is 0 Å². The minimum absolute atomic E-state index is 0.125. The van der Waals surface area contributed by atoms with Crippen molar-refractivity contribution in [2.45, 2.75) is 25.9 Å². The van der Waals surface area contributed by atoms with Gasteiger partial charge >= 0.3 is 0 Å². The molecule has 1 unspecified atom stereocenters. The summed E-state index contributed by atoms with van der Waals surface area (Å²) in [7, 11) is 0. The van der Waals surface area contributed by atoms with Crippen LogP contribution < -0.4 is 5.73 Å². The second-order valence-corrected chi connectivity index (χ2v) is 4.32. The maximum Gasteiger partial charge on any atom is 0.0637 e. The topological polar surface area (TPSA) is 56.7 Å². The molecule has 0 aliphatic heterocycles. The van der Waals surface area contributed by atoms with E-state index in [4.69, 9.17) is 17.3 Å². The normalized spacial score (nSPS) is 12.6. The van der Waals surface area contributed by atoms with Gasteiger partial charge in [0, 0.05) is 31.2 Å². The fourth-order valence-electron chi connectivity index (χ4n) is 1.74. The lowest BCUT2D eigenvalue weighted by molar-refractivity contribution is 0.657. The van der Waals surface area contributed by atoms with Crippen molar-refractivity contribution in [3.8, 4) is 0 Å². The van der Waals surface area contributed by atoms with Crippen LogP contribution >= 0.6 is 11.6 Å². The van der Waals surface area contributed by atoms with E-state index in [0.717, 1.165) is 24.1 Å². The van der Waals surface area contributed by atoms with E-state index in [-0.39, 0.29) is 6.04 Å². The molecule has 4 nitrogen and oxygen atoms in total. The molecule has 0 amide bonds. The van der Waals surface area contributed by atoms with Crippen LogP contribution in [-0.4, -0.2) is 14.8 Å². The molecule has 5 heteroatoms. The van der Waals surface area contributed by atoms with Crippen molar-refractivity contribution < 1.29 is 0 Å². The predicted molar refractivity (Wildman–Crippen MR) is 67.8 cm³/mol. The molecule has 2 aromatic heterocycles. The van der Waals surface area contributed by atoms with E-state index in [1.807, 2.05) is 23.1 Å². The second kappa shape index (κ2) is 5.29. The molecule has 0 aliphatic carbocycles. The molecule has 2 rings (SSSR count). The number of hydrogen-bond acceptors (Lipinski definition) is 3. The lowest BCUT2D eigenvalue weighted by Gasteiger charge is -2.11. The number of aryl methyl sites for hydroxylation is 1. The monoisotopic (exact) mass is 250 g/mol. The van der Waals surface area contributed by atoms with Gasteiger partial charge in [0.25, 0.3) is 0 Å². The molecule has 0 spiro atoms. The van der Waals surface area contributed by atoms with Gasteiger partial charge in [0.1, 0.15) is 0 Å². The van der Waals surface area contributed by atoms with E-state index in [0.29, 0.717) is 5.02 Å². The molecule has 0 fully saturated rings. The number of rotatable bonds is 4. The van der Waals surface area contributed by atoms with Crippen LogP contribution in [0.3, 0.4) is 0 Å². The first-order valence-electron chi connectivity index (χ1n) is 5.57. The lowest BCUT2D eigenvalue weighted by atomic mass is 10.0. The zero-order valence-corrected chi connectivity index (χ0v) is 10.4. The summed E-state index contributed by atoms with van der Waals surface area (Å²) in [6, 6.07) is 1.73. The van der Waals surface area contributed by atoms with Gasteiger partial charge in [0.2, 0.25) is 0 Å². The highest BCUT2D eigenvalue weighted by molar-refractivity contribution is 6.31. The Kier molecular flexibility index (Phi) is 3.76. The van der Waals surface area contributed by atoms with Crippen LogP contribution in [0, 0.1) is 0 Å². The van der Waals surface area contributed by atoms with Crippen molar-refractivity contribution in [3.63, 3.8) is 0 Å². The molecule has 2 heterocycles. The minimum Gasteiger partial charge on any atom is -0.324 e. The zero-order valence-electron chi connectivity index (χ0n) is 9.68. The van der Waals surface area contributed by atoms with Crippen LogP contribution in [0.5, 0.6) is 0 Å². The Morgan fingerprint density at radius 1 is 1.47 bits per heavy atom. The summed E-state index contributed by atoms with van der Waals surface area (Å²) in [5.41, 5.74) is 8.17. The molecular weight excluding hydrogens is 236 g/mol. The summed E-state index contributed by atoms with van der Waals surface area (Å²) in [5, 5.41) is 4.83. The van der Waals surface area contributed by atoms with Crippen molar-refractivity contribution in [1.82, 2.24) is 14.8 Å². The number of pyridine rings is 1. The Morgan fingerprint density at radius 2 is 2.29 bits per heavy atom. The molecule has 0 bridgehead atoms. The molecule has 0 aromatic carbocycles. The summed E-state index contributed by atoms with van der Waals surface area (Å²) in [6.07, 6.45) is 7.90. The maximum atomic E-state index is 6.13. The van der Waals surface area contributed by atoms with Crippen molar-refractivity contribution in [2.24, 2.45) is 5.73 Å². The van der Waals surface area contributed by atoms with Gasteiger partial charge in [-0.1, -0.05) is 11.6 Å². The van der Waals surface area contributed by atoms with E-state index in [2.05, 4.69) is 17.0 Å². The van der Waals surface area contributed by atoms with E-state index < -0.39 is 0 Å². The molecule has 17 heavy (non-hydrogen) atoms. The first kappa shape index (κ1) is 12.1. The SMILES string of the molecule is CCn1cc(CC(N)c2ccncc2Cl)cn1. The molecule has 0 saturated heterocycles. The van der Waals surface area contributed by atoms with Gasteiger partial charge in [-0.25, -0.2) is 0 Å². The third kappa shape index (κ3) is 2.84. The highest BCUT2D eigenvalue weighted by Crippen LogP contribution is 2.22. The van der Waals surface area contributed by atoms with Crippen LogP contribution in [0.15, 0.2) is 30.9 Å². The number of halogens is 1. The predicted octanol–water partition coefficient (Wildman–Crippen LogP) is 2.19. The van der Waals surface area contributed by atoms with E-state index in [9.17, 15) is 0 Å². The highest BCUT2D eigenvalue weighted by Gasteiger charge is 2.11. The van der Waals surface area contributed by atoms with Crippen LogP contribution in [0.25, 0.3) is 0 Å². The maximum absolute atomic E-state index is 6.13. The zero-order chi connectivity index (χ0) is 12.3. The van der Waals surface area contributed by atoms with Crippen LogP contribution in [-0.2, 0) is 13.0 Å². The van der Waals surface area contributed by atoms with Gasteiger partial charge in [-0.3, -0.25) is 9.67 Å². The van der Waals surface area contributed by atoms with E-state index >= 15 is 0 Å². The van der Waals surface area contributed by atoms with Gasteiger partial charge < -0.3 is 5.73 Å². The van der Waals surface area contributed by atoms with Crippen molar-refractivity contribution in [3.05, 3.63) is 47.0 Å². The standard InChI is InChI=1S/C12H15ClN4/c1-2-17-8-9(6-16-17)5-12(14)10-3-4-15-7-11(10)13/h3-4,6-8,12H,2,5,14H2,1H3. The van der Waals surface area contributed by atoms with Crippen LogP contribution in [0.4, 0.5) is 0 Å². The smallest absolute Gasteiger partial charge is 0.0637 e. The van der Waals surface area contributed by atoms with E-state index in [1.54, 1.807) is 12.4 Å². The molecular formula is C12H15ClN4. The Bertz CT molecular complexity index is 495. The first-order chi connectivity index (χ1) is 8.20. The summed E-state index contributed by atoms with van der Waals surface area (Å²) in [5.74, 6) is 0. The third-order valence-electron chi connectivity index (χ3n) is 2.67. The van der Waals surface area contributed by atoms with Crippen molar-refractivity contribution in [1.29, 1.82) is 0 Å². The number of nitrogens with zero attached hydrogens (tertiary/aromatic N) is 3. The molecule has 2 aromatic rings. The number of aromatic nitrogens is 3. The van der Waals surface area contributed by atoms with Gasteiger partial charge in [-0.05, 0) is 30.5 Å². The third-order valence-corrected chi connectivity index (χ3v) is 2.99. The lowest BCUT2D eigenvalue weighted by Crippen LogP contribution is -2.13. The molecule has 0 radical (unpaired) electrons. The Labute approximate surface area is 105 Å². The van der Waals surface area contributed by atoms with Crippen LogP contribution in [0.1, 0.15) is 24.1 Å². The molecule has 90 valence electrons. The average molecular weight is 251 g/mol. The Hall–Kier alpha value is -1.39. The fourth-order valence-corrected chi connectivity index (χ4v) is 1.99. The van der Waals surface area contributed by atoms with Gasteiger partial charge in [-0.2, -0.15) is 5.10 Å². The number of nitrogens with two attached hydrogens (primary N) is 1. The summed E-state index contributed by atoms with van der Waals surface area (Å²) in [4.78, 5) is 3.95. The van der Waals surface area contributed by atoms with E-state index in [1.165, 1.54) is 0 Å². The highest BCUT2D eigenvalue weighted by atomic mass is 35.5. The summed E-state index contributed by atoms with van der Waals surface area (Å²) in [6.45, 7) is 2.92. The summed E-state index contributed by atoms with van der Waals surface area (Å²) < 4.78 is 1.89. The summed E-state index contributed by atoms with van der Waals surface area (Å²) >= 11 is 6.05. The van der Waals surface area contributed by atoms with Crippen LogP contribution in [0.2, 0.25) is 5.02 Å². The molecule has 0 saturated carbocycles. The Balaban J connectivity index is 2.11. The minimum atomic E-state index is -0.125. The van der Waals surface area contributed by atoms with Crippen molar-refractivity contribution >= 4 is 11.6 Å². The second-order valence-electron chi connectivity index (χ2n) is 3.91. The first-order valence-corrected chi connectivity index (χ1v) is 5.94. The molecule has 1 atom stereocenters. The van der Waals surface area contributed by atoms with Crippen molar-refractivity contribution in [2.75, 3.05) is 0 Å². The van der Waals surface area contributed by atoms with Gasteiger partial charge in [0.05, 0.1) is 11.2 Å². The average Bonchev–Trinajstić information content (AvgIpc) is 2.77. The molecule has 0 aliphatic rings. The fraction of sp³-hybridized carbons (Fsp3) is 0.333. The largest absolute Gasteiger partial charge is 0.324 e. The quantitative estimate of drug-likeness (QED) is 0.905. The molecule has 2 N–H and O–H groups in total.